The normalized spacial score (nSPS) is 13.0. The lowest BCUT2D eigenvalue weighted by Crippen LogP contribution is -2.23. The minimum Gasteiger partial charge on any atom is -0.466 e. The molecule has 1 aromatic rings. The van der Waals surface area contributed by atoms with Gasteiger partial charge in [-0.25, -0.2) is 0 Å². The van der Waals surface area contributed by atoms with E-state index in [1.54, 1.807) is 13.8 Å². The number of ether oxygens (including phenoxy) is 2. The molecule has 0 amide bonds. The molecule has 0 saturated carbocycles. The Morgan fingerprint density at radius 1 is 0.920 bits per heavy atom. The van der Waals surface area contributed by atoms with Crippen LogP contribution in [0, 0.1) is 0 Å². The van der Waals surface area contributed by atoms with Crippen molar-refractivity contribution in [1.82, 2.24) is 0 Å². The summed E-state index contributed by atoms with van der Waals surface area (Å²) in [5, 5.41) is 19.9. The number of Topliss-reactive ketones (excluding diaryl/α,β-unsaturated/α-hetero) is 1. The molecule has 1 rings (SSSR count). The third kappa shape index (κ3) is 7.03. The van der Waals surface area contributed by atoms with Gasteiger partial charge < -0.3 is 19.7 Å². The third-order valence-corrected chi connectivity index (χ3v) is 3.48. The van der Waals surface area contributed by atoms with Gasteiger partial charge in [0.05, 0.1) is 32.2 Å². The monoisotopic (exact) mass is 352 g/mol. The van der Waals surface area contributed by atoms with Crippen LogP contribution in [0.2, 0.25) is 0 Å². The summed E-state index contributed by atoms with van der Waals surface area (Å²) in [5.74, 6) is -1.24. The second-order valence-electron chi connectivity index (χ2n) is 5.37. The van der Waals surface area contributed by atoms with Gasteiger partial charge >= 0.3 is 11.9 Å². The van der Waals surface area contributed by atoms with Gasteiger partial charge in [-0.05, 0) is 19.4 Å². The molecule has 25 heavy (non-hydrogen) atoms. The molecule has 0 aliphatic heterocycles. The summed E-state index contributed by atoms with van der Waals surface area (Å²) >= 11 is 0. The molecule has 0 bridgehead atoms. The van der Waals surface area contributed by atoms with E-state index in [2.05, 4.69) is 0 Å². The molecule has 0 aliphatic rings. The van der Waals surface area contributed by atoms with E-state index < -0.39 is 24.1 Å². The first-order valence-electron chi connectivity index (χ1n) is 8.19. The van der Waals surface area contributed by atoms with Crippen LogP contribution in [0.5, 0.6) is 0 Å². The highest BCUT2D eigenvalue weighted by Crippen LogP contribution is 2.20. The van der Waals surface area contributed by atoms with Crippen LogP contribution < -0.4 is 0 Å². The van der Waals surface area contributed by atoms with Gasteiger partial charge in [-0.1, -0.05) is 24.3 Å². The molecule has 2 unspecified atom stereocenters. The van der Waals surface area contributed by atoms with Crippen LogP contribution in [-0.4, -0.2) is 47.3 Å². The number of ketones is 1. The van der Waals surface area contributed by atoms with Crippen LogP contribution in [-0.2, 0) is 19.1 Å². The van der Waals surface area contributed by atoms with Crippen molar-refractivity contribution in [3.05, 3.63) is 35.4 Å². The molecular weight excluding hydrogens is 328 g/mol. The fraction of sp³-hybridized carbons (Fsp3) is 0.500. The molecule has 2 atom stereocenters. The molecule has 0 heterocycles. The van der Waals surface area contributed by atoms with E-state index in [-0.39, 0.29) is 38.3 Å². The third-order valence-electron chi connectivity index (χ3n) is 3.48. The van der Waals surface area contributed by atoms with Crippen LogP contribution in [0.25, 0.3) is 0 Å². The lowest BCUT2D eigenvalue weighted by Gasteiger charge is -2.17. The number of benzene rings is 1. The van der Waals surface area contributed by atoms with Gasteiger partial charge in [0, 0.05) is 12.0 Å². The van der Waals surface area contributed by atoms with E-state index in [0.717, 1.165) is 0 Å². The molecule has 0 fully saturated rings. The van der Waals surface area contributed by atoms with Crippen molar-refractivity contribution in [1.29, 1.82) is 0 Å². The number of carbonyl (C=O) groups excluding carboxylic acids is 3. The first kappa shape index (κ1) is 20.8. The Balaban J connectivity index is 2.61. The predicted molar refractivity (Wildman–Crippen MR) is 88.9 cm³/mol. The molecule has 7 nitrogen and oxygen atoms in total. The molecule has 1 aromatic carbocycles. The zero-order valence-electron chi connectivity index (χ0n) is 14.4. The molecule has 0 spiro atoms. The zero-order chi connectivity index (χ0) is 18.8. The number of hydrogen-bond donors (Lipinski definition) is 2. The van der Waals surface area contributed by atoms with E-state index >= 15 is 0 Å². The van der Waals surface area contributed by atoms with Crippen molar-refractivity contribution in [2.75, 3.05) is 13.2 Å². The average Bonchev–Trinajstić information content (AvgIpc) is 2.59. The summed E-state index contributed by atoms with van der Waals surface area (Å²) in [5.41, 5.74) is 0.763. The Hall–Kier alpha value is -2.25. The molecule has 0 radical (unpaired) electrons. The minimum atomic E-state index is -1.30. The van der Waals surface area contributed by atoms with Crippen molar-refractivity contribution in [3.8, 4) is 0 Å². The van der Waals surface area contributed by atoms with Crippen molar-refractivity contribution in [3.63, 3.8) is 0 Å². The first-order valence-corrected chi connectivity index (χ1v) is 8.19. The smallest absolute Gasteiger partial charge is 0.308 e. The summed E-state index contributed by atoms with van der Waals surface area (Å²) in [7, 11) is 0. The van der Waals surface area contributed by atoms with Gasteiger partial charge in [-0.2, -0.15) is 0 Å². The van der Waals surface area contributed by atoms with Crippen LogP contribution in [0.3, 0.4) is 0 Å². The maximum Gasteiger partial charge on any atom is 0.308 e. The van der Waals surface area contributed by atoms with E-state index in [1.807, 2.05) is 0 Å². The first-order chi connectivity index (χ1) is 11.9. The number of hydrogen-bond acceptors (Lipinski definition) is 7. The van der Waals surface area contributed by atoms with Crippen LogP contribution in [0.4, 0.5) is 0 Å². The Morgan fingerprint density at radius 2 is 1.48 bits per heavy atom. The van der Waals surface area contributed by atoms with Crippen LogP contribution in [0.1, 0.15) is 55.1 Å². The molecule has 0 aromatic heterocycles. The van der Waals surface area contributed by atoms with Gasteiger partial charge in [0.2, 0.25) is 0 Å². The Morgan fingerprint density at radius 3 is 2.04 bits per heavy atom. The topological polar surface area (TPSA) is 110 Å². The van der Waals surface area contributed by atoms with Crippen molar-refractivity contribution >= 4 is 17.7 Å². The lowest BCUT2D eigenvalue weighted by molar-refractivity contribution is -0.147. The Bertz CT molecular complexity index is 580. The molecule has 138 valence electrons. The van der Waals surface area contributed by atoms with Gasteiger partial charge in [-0.15, -0.1) is 0 Å². The lowest BCUT2D eigenvalue weighted by atomic mass is 9.99. The highest BCUT2D eigenvalue weighted by Gasteiger charge is 2.22. The number of aliphatic hydroxyl groups is 2. The second kappa shape index (κ2) is 10.6. The number of aliphatic hydroxyl groups excluding tert-OH is 2. The van der Waals surface area contributed by atoms with Gasteiger partial charge in [-0.3, -0.25) is 14.4 Å². The fourth-order valence-electron chi connectivity index (χ4n) is 2.18. The van der Waals surface area contributed by atoms with Crippen molar-refractivity contribution in [2.24, 2.45) is 0 Å². The predicted octanol–water partition coefficient (Wildman–Crippen LogP) is 1.56. The zero-order valence-corrected chi connectivity index (χ0v) is 14.4. The largest absolute Gasteiger partial charge is 0.466 e. The van der Waals surface area contributed by atoms with Gasteiger partial charge in [0.25, 0.3) is 0 Å². The van der Waals surface area contributed by atoms with Gasteiger partial charge in [0.15, 0.2) is 5.78 Å². The van der Waals surface area contributed by atoms with Crippen LogP contribution >= 0.6 is 0 Å². The highest BCUT2D eigenvalue weighted by atomic mass is 16.5. The van der Waals surface area contributed by atoms with E-state index in [1.165, 1.54) is 24.3 Å². The molecular formula is C18H24O7. The standard InChI is InChI=1S/C18H24O7/c1-3-24-16(21)10-9-14(19)12-5-7-13(8-6-12)18(23)15(20)11-17(22)25-4-2/h5-8,15,18,20,23H,3-4,9-11H2,1-2H3. The average molecular weight is 352 g/mol. The van der Waals surface area contributed by atoms with Crippen molar-refractivity contribution < 1.29 is 34.1 Å². The second-order valence-corrected chi connectivity index (χ2v) is 5.37. The summed E-state index contributed by atoms with van der Waals surface area (Å²) < 4.78 is 9.48. The maximum atomic E-state index is 12.0. The number of esters is 2. The maximum absolute atomic E-state index is 12.0. The minimum absolute atomic E-state index is 0.00923. The summed E-state index contributed by atoms with van der Waals surface area (Å²) in [6.45, 7) is 3.82. The van der Waals surface area contributed by atoms with E-state index in [9.17, 15) is 24.6 Å². The number of carbonyl (C=O) groups is 3. The molecule has 0 saturated heterocycles. The Labute approximate surface area is 146 Å². The highest BCUT2D eigenvalue weighted by molar-refractivity contribution is 5.97. The van der Waals surface area contributed by atoms with Gasteiger partial charge in [0.1, 0.15) is 6.10 Å². The molecule has 7 heteroatoms. The summed E-state index contributed by atoms with van der Waals surface area (Å²) in [4.78, 5) is 34.6. The van der Waals surface area contributed by atoms with Crippen LogP contribution in [0.15, 0.2) is 24.3 Å². The molecule has 0 aliphatic carbocycles. The molecule has 2 N–H and O–H groups in total. The van der Waals surface area contributed by atoms with E-state index in [4.69, 9.17) is 9.47 Å². The fourth-order valence-corrected chi connectivity index (χ4v) is 2.18. The quantitative estimate of drug-likeness (QED) is 0.486. The SMILES string of the molecule is CCOC(=O)CCC(=O)c1ccc(C(O)C(O)CC(=O)OCC)cc1. The Kier molecular flexibility index (Phi) is 8.80. The number of rotatable bonds is 10. The summed E-state index contributed by atoms with van der Waals surface area (Å²) in [6, 6.07) is 6.00. The van der Waals surface area contributed by atoms with E-state index in [0.29, 0.717) is 11.1 Å². The van der Waals surface area contributed by atoms with Crippen molar-refractivity contribution in [2.45, 2.75) is 45.3 Å². The summed E-state index contributed by atoms with van der Waals surface area (Å²) in [6.07, 6.45) is -2.85.